The molecule has 0 atom stereocenters. The number of rotatable bonds is 3. The average molecular weight is 392 g/mol. The minimum atomic E-state index is -4.57. The van der Waals surface area contributed by atoms with Crippen LogP contribution in [0.15, 0.2) is 42.6 Å². The second kappa shape index (κ2) is 7.87. The molecule has 0 unspecified atom stereocenters. The number of para-hydroxylation sites is 1. The molecule has 1 aromatic heterocycles. The average Bonchev–Trinajstić information content (AvgIpc) is 2.68. The highest BCUT2D eigenvalue weighted by atomic mass is 19.4. The van der Waals surface area contributed by atoms with Crippen LogP contribution in [0.2, 0.25) is 0 Å². The molecule has 148 valence electrons. The van der Waals surface area contributed by atoms with E-state index in [-0.39, 0.29) is 17.3 Å². The molecule has 1 saturated heterocycles. The smallest absolute Gasteiger partial charge is 0.367 e. The van der Waals surface area contributed by atoms with E-state index in [1.165, 1.54) is 37.4 Å². The lowest BCUT2D eigenvalue weighted by molar-refractivity contribution is -0.137. The first-order chi connectivity index (χ1) is 13.3. The molecule has 1 fully saturated rings. The summed E-state index contributed by atoms with van der Waals surface area (Å²) in [4.78, 5) is 31.5. The van der Waals surface area contributed by atoms with E-state index in [0.29, 0.717) is 26.2 Å². The molecule has 2 heterocycles. The summed E-state index contributed by atoms with van der Waals surface area (Å²) in [5.41, 5.74) is -0.423. The van der Waals surface area contributed by atoms with Crippen LogP contribution in [0.1, 0.15) is 23.0 Å². The van der Waals surface area contributed by atoms with Crippen molar-refractivity contribution in [1.82, 2.24) is 9.88 Å². The third-order valence-corrected chi connectivity index (χ3v) is 4.55. The van der Waals surface area contributed by atoms with Gasteiger partial charge < -0.3 is 15.1 Å². The Balaban J connectivity index is 1.68. The lowest BCUT2D eigenvalue weighted by Crippen LogP contribution is -2.48. The van der Waals surface area contributed by atoms with Gasteiger partial charge in [0, 0.05) is 33.1 Å². The van der Waals surface area contributed by atoms with E-state index in [0.717, 1.165) is 11.8 Å². The summed E-state index contributed by atoms with van der Waals surface area (Å²) in [6, 6.07) is 7.95. The van der Waals surface area contributed by atoms with E-state index in [2.05, 4.69) is 10.3 Å². The van der Waals surface area contributed by atoms with E-state index in [1.807, 2.05) is 4.90 Å². The van der Waals surface area contributed by atoms with Gasteiger partial charge in [0.25, 0.3) is 5.91 Å². The van der Waals surface area contributed by atoms with Crippen LogP contribution in [0, 0.1) is 0 Å². The maximum atomic E-state index is 13.0. The van der Waals surface area contributed by atoms with Gasteiger partial charge in [-0.3, -0.25) is 9.59 Å². The van der Waals surface area contributed by atoms with Crippen LogP contribution in [0.25, 0.3) is 0 Å². The van der Waals surface area contributed by atoms with E-state index in [4.69, 9.17) is 0 Å². The molecular weight excluding hydrogens is 373 g/mol. The normalized spacial score (nSPS) is 14.7. The molecule has 3 rings (SSSR count). The number of anilines is 2. The highest BCUT2D eigenvalue weighted by molar-refractivity contribution is 6.03. The van der Waals surface area contributed by atoms with Crippen LogP contribution in [-0.4, -0.2) is 47.9 Å². The highest BCUT2D eigenvalue weighted by Crippen LogP contribution is 2.34. The molecule has 0 aliphatic carbocycles. The molecule has 28 heavy (non-hydrogen) atoms. The van der Waals surface area contributed by atoms with Crippen molar-refractivity contribution in [3.8, 4) is 0 Å². The summed E-state index contributed by atoms with van der Waals surface area (Å²) in [5, 5.41) is 2.27. The summed E-state index contributed by atoms with van der Waals surface area (Å²) in [6.07, 6.45) is -3.06. The van der Waals surface area contributed by atoms with Crippen LogP contribution in [0.5, 0.6) is 0 Å². The van der Waals surface area contributed by atoms with Gasteiger partial charge in [-0.2, -0.15) is 13.2 Å². The first-order valence-corrected chi connectivity index (χ1v) is 8.70. The second-order valence-electron chi connectivity index (χ2n) is 6.39. The summed E-state index contributed by atoms with van der Waals surface area (Å²) in [6.45, 7) is 4.02. The van der Waals surface area contributed by atoms with Gasteiger partial charge in [0.05, 0.1) is 23.1 Å². The number of halogens is 3. The predicted octanol–water partition coefficient (Wildman–Crippen LogP) is 3.02. The number of carbonyl (C=O) groups is 2. The van der Waals surface area contributed by atoms with E-state index < -0.39 is 17.6 Å². The van der Waals surface area contributed by atoms with Gasteiger partial charge in [-0.1, -0.05) is 12.1 Å². The van der Waals surface area contributed by atoms with Gasteiger partial charge >= 0.3 is 6.18 Å². The molecule has 6 nitrogen and oxygen atoms in total. The van der Waals surface area contributed by atoms with Crippen molar-refractivity contribution in [1.29, 1.82) is 0 Å². The largest absolute Gasteiger partial charge is 0.418 e. The fourth-order valence-electron chi connectivity index (χ4n) is 3.01. The molecule has 1 aliphatic heterocycles. The number of carbonyl (C=O) groups excluding carboxylic acids is 2. The van der Waals surface area contributed by atoms with Crippen molar-refractivity contribution in [3.63, 3.8) is 0 Å². The van der Waals surface area contributed by atoms with Gasteiger partial charge in [0.15, 0.2) is 0 Å². The summed E-state index contributed by atoms with van der Waals surface area (Å²) in [7, 11) is 0. The molecule has 9 heteroatoms. The zero-order chi connectivity index (χ0) is 20.3. The van der Waals surface area contributed by atoms with Gasteiger partial charge in [-0.25, -0.2) is 4.98 Å². The number of benzene rings is 1. The number of amides is 2. The zero-order valence-corrected chi connectivity index (χ0v) is 15.2. The van der Waals surface area contributed by atoms with Crippen LogP contribution in [-0.2, 0) is 11.0 Å². The van der Waals surface area contributed by atoms with Crippen LogP contribution >= 0.6 is 0 Å². The number of alkyl halides is 3. The topological polar surface area (TPSA) is 65.5 Å². The third kappa shape index (κ3) is 4.41. The van der Waals surface area contributed by atoms with Crippen molar-refractivity contribution in [3.05, 3.63) is 53.9 Å². The van der Waals surface area contributed by atoms with Gasteiger partial charge in [-0.15, -0.1) is 0 Å². The van der Waals surface area contributed by atoms with E-state index in [1.54, 1.807) is 11.0 Å². The summed E-state index contributed by atoms with van der Waals surface area (Å²) >= 11 is 0. The Morgan fingerprint density at radius 3 is 2.29 bits per heavy atom. The summed E-state index contributed by atoms with van der Waals surface area (Å²) in [5.74, 6) is -0.686. The van der Waals surface area contributed by atoms with Crippen molar-refractivity contribution in [2.24, 2.45) is 0 Å². The van der Waals surface area contributed by atoms with Crippen LogP contribution < -0.4 is 10.2 Å². The molecule has 2 amide bonds. The third-order valence-electron chi connectivity index (χ3n) is 4.55. The van der Waals surface area contributed by atoms with Crippen molar-refractivity contribution >= 4 is 23.2 Å². The Morgan fingerprint density at radius 2 is 1.71 bits per heavy atom. The zero-order valence-electron chi connectivity index (χ0n) is 15.2. The lowest BCUT2D eigenvalue weighted by atomic mass is 10.1. The predicted molar refractivity (Wildman–Crippen MR) is 98.1 cm³/mol. The Hall–Kier alpha value is -3.10. The Kier molecular flexibility index (Phi) is 5.53. The quantitative estimate of drug-likeness (QED) is 0.872. The first kappa shape index (κ1) is 19.7. The highest BCUT2D eigenvalue weighted by Gasteiger charge is 2.33. The molecule has 0 spiro atoms. The molecular formula is C19H19F3N4O2. The number of nitrogens with one attached hydrogen (secondary N) is 1. The van der Waals surface area contributed by atoms with E-state index in [9.17, 15) is 22.8 Å². The Labute approximate surface area is 160 Å². The number of aromatic nitrogens is 1. The number of piperazine rings is 1. The number of pyridine rings is 1. The van der Waals surface area contributed by atoms with Crippen LogP contribution in [0.3, 0.4) is 0 Å². The summed E-state index contributed by atoms with van der Waals surface area (Å²) < 4.78 is 39.1. The number of hydrogen-bond acceptors (Lipinski definition) is 4. The monoisotopic (exact) mass is 392 g/mol. The van der Waals surface area contributed by atoms with Crippen molar-refractivity contribution < 1.29 is 22.8 Å². The van der Waals surface area contributed by atoms with Gasteiger partial charge in [0.1, 0.15) is 5.69 Å². The van der Waals surface area contributed by atoms with Crippen molar-refractivity contribution in [2.45, 2.75) is 13.1 Å². The SMILES string of the molecule is CC(=O)N1CCN(c2ccc(C(=O)Nc3ccccc3C(F)(F)F)nc2)CC1. The van der Waals surface area contributed by atoms with Gasteiger partial charge in [0.2, 0.25) is 5.91 Å². The van der Waals surface area contributed by atoms with Gasteiger partial charge in [-0.05, 0) is 24.3 Å². The number of hydrogen-bond donors (Lipinski definition) is 1. The molecule has 1 N–H and O–H groups in total. The fourth-order valence-corrected chi connectivity index (χ4v) is 3.01. The maximum absolute atomic E-state index is 13.0. The molecule has 0 saturated carbocycles. The molecule has 1 aliphatic rings. The molecule has 1 aromatic carbocycles. The standard InChI is InChI=1S/C19H19F3N4O2/c1-13(27)25-8-10-26(11-9-25)14-6-7-17(23-12-14)18(28)24-16-5-3-2-4-15(16)19(20,21)22/h2-7,12H,8-11H2,1H3,(H,24,28). The molecule has 0 bridgehead atoms. The Bertz CT molecular complexity index is 860. The molecule has 0 radical (unpaired) electrons. The van der Waals surface area contributed by atoms with E-state index >= 15 is 0 Å². The second-order valence-corrected chi connectivity index (χ2v) is 6.39. The number of nitrogens with zero attached hydrogens (tertiary/aromatic N) is 3. The lowest BCUT2D eigenvalue weighted by Gasteiger charge is -2.35. The maximum Gasteiger partial charge on any atom is 0.418 e. The van der Waals surface area contributed by atoms with Crippen molar-refractivity contribution in [2.75, 3.05) is 36.4 Å². The fraction of sp³-hybridized carbons (Fsp3) is 0.316. The minimum absolute atomic E-state index is 0.0168. The molecule has 2 aromatic rings. The minimum Gasteiger partial charge on any atom is -0.367 e. The first-order valence-electron chi connectivity index (χ1n) is 8.70. The Morgan fingerprint density at radius 1 is 1.04 bits per heavy atom. The van der Waals surface area contributed by atoms with Crippen LogP contribution in [0.4, 0.5) is 24.5 Å².